The smallest absolute Gasteiger partial charge is 0.439 e. The summed E-state index contributed by atoms with van der Waals surface area (Å²) in [4.78, 5) is 11.3. The van der Waals surface area contributed by atoms with Crippen molar-refractivity contribution in [3.05, 3.63) is 0 Å². The average molecular weight is 282 g/mol. The van der Waals surface area contributed by atoms with Gasteiger partial charge in [0, 0.05) is 12.1 Å². The molecule has 0 spiro atoms. The monoisotopic (exact) mass is 282 g/mol. The predicted octanol–water partition coefficient (Wildman–Crippen LogP) is 2.50. The first-order chi connectivity index (χ1) is 8.61. The fourth-order valence-corrected chi connectivity index (χ4v) is 1.71. The van der Waals surface area contributed by atoms with Gasteiger partial charge in [-0.05, 0) is 18.8 Å². The van der Waals surface area contributed by atoms with Crippen LogP contribution in [0.4, 0.5) is 18.0 Å². The van der Waals surface area contributed by atoms with Crippen LogP contribution in [0.5, 0.6) is 0 Å². The van der Waals surface area contributed by atoms with Crippen molar-refractivity contribution in [3.63, 3.8) is 0 Å². The van der Waals surface area contributed by atoms with Crippen LogP contribution in [0, 0.1) is 5.92 Å². The Balaban J connectivity index is 2.95. The summed E-state index contributed by atoms with van der Waals surface area (Å²) in [5.74, 6) is 0.286. The molecule has 0 aromatic heterocycles. The molecule has 8 heteroatoms. The number of alkyl halides is 3. The van der Waals surface area contributed by atoms with Crippen LogP contribution < -0.4 is 0 Å². The third-order valence-corrected chi connectivity index (χ3v) is 2.85. The van der Waals surface area contributed by atoms with Crippen molar-refractivity contribution < 1.29 is 27.8 Å². The van der Waals surface area contributed by atoms with Crippen LogP contribution in [-0.2, 0) is 4.74 Å². The van der Waals surface area contributed by atoms with Crippen molar-refractivity contribution in [2.24, 2.45) is 11.0 Å². The maximum Gasteiger partial charge on any atom is 0.439 e. The molecule has 19 heavy (non-hydrogen) atoms. The molecule has 0 unspecified atom stereocenters. The SMILES string of the molecule is COC(=O)N1N=C(CCC(C)C)C[C@]1(O)C(F)(F)F. The number of halogens is 3. The normalized spacial score (nSPS) is 23.8. The molecule has 1 amide bonds. The predicted molar refractivity (Wildman–Crippen MR) is 61.4 cm³/mol. The highest BCUT2D eigenvalue weighted by atomic mass is 19.4. The molecule has 1 heterocycles. The van der Waals surface area contributed by atoms with Gasteiger partial charge in [-0.1, -0.05) is 13.8 Å². The van der Waals surface area contributed by atoms with Gasteiger partial charge in [0.25, 0.3) is 5.72 Å². The number of amides is 1. The lowest BCUT2D eigenvalue weighted by Gasteiger charge is -2.31. The van der Waals surface area contributed by atoms with Crippen LogP contribution in [0.3, 0.4) is 0 Å². The van der Waals surface area contributed by atoms with E-state index in [0.29, 0.717) is 12.8 Å². The van der Waals surface area contributed by atoms with Crippen LogP contribution in [0.15, 0.2) is 5.10 Å². The molecule has 0 aromatic rings. The van der Waals surface area contributed by atoms with Gasteiger partial charge in [-0.2, -0.15) is 23.3 Å². The zero-order valence-corrected chi connectivity index (χ0v) is 11.0. The molecule has 0 saturated heterocycles. The molecule has 110 valence electrons. The molecule has 5 nitrogen and oxygen atoms in total. The minimum atomic E-state index is -5.00. The number of hydrogen-bond acceptors (Lipinski definition) is 4. The van der Waals surface area contributed by atoms with Crippen molar-refractivity contribution in [2.75, 3.05) is 7.11 Å². The zero-order valence-electron chi connectivity index (χ0n) is 11.0. The van der Waals surface area contributed by atoms with Crippen molar-refractivity contribution in [1.82, 2.24) is 5.01 Å². The largest absolute Gasteiger partial charge is 0.451 e. The van der Waals surface area contributed by atoms with Crippen molar-refractivity contribution in [3.8, 4) is 0 Å². The second-order valence-electron chi connectivity index (χ2n) is 4.87. The summed E-state index contributed by atoms with van der Waals surface area (Å²) in [6.07, 6.45) is -6.15. The van der Waals surface area contributed by atoms with E-state index in [1.54, 1.807) is 0 Å². The Morgan fingerprint density at radius 1 is 1.58 bits per heavy atom. The number of methoxy groups -OCH3 is 1. The van der Waals surface area contributed by atoms with Crippen LogP contribution in [0.25, 0.3) is 0 Å². The van der Waals surface area contributed by atoms with Gasteiger partial charge in [-0.25, -0.2) is 4.79 Å². The third kappa shape index (κ3) is 3.17. The molecule has 1 aliphatic heterocycles. The summed E-state index contributed by atoms with van der Waals surface area (Å²) in [6, 6.07) is 0. The molecule has 1 rings (SSSR count). The molecule has 0 aliphatic carbocycles. The average Bonchev–Trinajstić information content (AvgIpc) is 2.64. The lowest BCUT2D eigenvalue weighted by Crippen LogP contribution is -2.56. The summed E-state index contributed by atoms with van der Waals surface area (Å²) in [7, 11) is 0.931. The van der Waals surface area contributed by atoms with Gasteiger partial charge in [0.1, 0.15) is 0 Å². The quantitative estimate of drug-likeness (QED) is 0.865. The molecule has 0 fully saturated rings. The standard InChI is InChI=1S/C11H17F3N2O3/c1-7(2)4-5-8-6-10(18,11(12,13)14)16(15-8)9(17)19-3/h7,18H,4-6H2,1-3H3/t10-/m0/s1. The lowest BCUT2D eigenvalue weighted by molar-refractivity contribution is -0.299. The number of nitrogens with zero attached hydrogens (tertiary/aromatic N) is 2. The fraction of sp³-hybridized carbons (Fsp3) is 0.818. The summed E-state index contributed by atoms with van der Waals surface area (Å²) in [5.41, 5.74) is -3.18. The molecular formula is C11H17F3N2O3. The number of ether oxygens (including phenoxy) is 1. The Kier molecular flexibility index (Phi) is 4.44. The van der Waals surface area contributed by atoms with E-state index in [9.17, 15) is 23.1 Å². The number of rotatable bonds is 3. The Bertz CT molecular complexity index is 382. The fourth-order valence-electron chi connectivity index (χ4n) is 1.71. The third-order valence-electron chi connectivity index (χ3n) is 2.85. The second-order valence-corrected chi connectivity index (χ2v) is 4.87. The Labute approximate surface area is 109 Å². The number of hydrogen-bond donors (Lipinski definition) is 1. The summed E-state index contributed by atoms with van der Waals surface area (Å²) in [6.45, 7) is 3.84. The highest BCUT2D eigenvalue weighted by molar-refractivity contribution is 5.89. The molecule has 1 atom stereocenters. The Morgan fingerprint density at radius 3 is 2.58 bits per heavy atom. The number of aliphatic hydroxyl groups is 1. The summed E-state index contributed by atoms with van der Waals surface area (Å²) < 4.78 is 42.9. The molecule has 0 radical (unpaired) electrons. The zero-order chi connectivity index (χ0) is 14.8. The molecule has 1 N–H and O–H groups in total. The number of carbonyl (C=O) groups is 1. The number of hydrazone groups is 1. The van der Waals surface area contributed by atoms with Crippen LogP contribution in [0.2, 0.25) is 0 Å². The van der Waals surface area contributed by atoms with E-state index in [0.717, 1.165) is 7.11 Å². The minimum absolute atomic E-state index is 0.0251. The summed E-state index contributed by atoms with van der Waals surface area (Å²) in [5, 5.41) is 13.2. The van der Waals surface area contributed by atoms with Crippen molar-refractivity contribution >= 4 is 11.8 Å². The first-order valence-corrected chi connectivity index (χ1v) is 5.85. The molecule has 0 aromatic carbocycles. The lowest BCUT2D eigenvalue weighted by atomic mass is 10.00. The van der Waals surface area contributed by atoms with Gasteiger partial charge >= 0.3 is 12.3 Å². The van der Waals surface area contributed by atoms with Gasteiger partial charge in [-0.15, -0.1) is 0 Å². The second kappa shape index (κ2) is 5.36. The highest BCUT2D eigenvalue weighted by Gasteiger charge is 2.63. The van der Waals surface area contributed by atoms with Crippen molar-refractivity contribution in [2.45, 2.75) is 45.0 Å². The van der Waals surface area contributed by atoms with E-state index in [1.165, 1.54) is 0 Å². The van der Waals surface area contributed by atoms with Crippen molar-refractivity contribution in [1.29, 1.82) is 0 Å². The van der Waals surface area contributed by atoms with E-state index in [2.05, 4.69) is 9.84 Å². The van der Waals surface area contributed by atoms with Crippen LogP contribution >= 0.6 is 0 Å². The minimum Gasteiger partial charge on any atom is -0.451 e. The maximum atomic E-state index is 12.9. The molecular weight excluding hydrogens is 265 g/mol. The van der Waals surface area contributed by atoms with E-state index >= 15 is 0 Å². The first-order valence-electron chi connectivity index (χ1n) is 5.85. The van der Waals surface area contributed by atoms with E-state index in [4.69, 9.17) is 0 Å². The van der Waals surface area contributed by atoms with E-state index < -0.39 is 24.4 Å². The maximum absolute atomic E-state index is 12.9. The Hall–Kier alpha value is -1.31. The van der Waals surface area contributed by atoms with Gasteiger partial charge in [0.15, 0.2) is 0 Å². The van der Waals surface area contributed by atoms with Crippen LogP contribution in [-0.4, -0.2) is 40.9 Å². The summed E-state index contributed by atoms with van der Waals surface area (Å²) >= 11 is 0. The highest BCUT2D eigenvalue weighted by Crippen LogP contribution is 2.41. The number of carbonyl (C=O) groups excluding carboxylic acids is 1. The molecule has 1 aliphatic rings. The molecule has 0 bridgehead atoms. The first kappa shape index (κ1) is 15.7. The van der Waals surface area contributed by atoms with Gasteiger partial charge in [-0.3, -0.25) is 0 Å². The Morgan fingerprint density at radius 2 is 2.16 bits per heavy atom. The van der Waals surface area contributed by atoms with E-state index in [1.807, 2.05) is 13.8 Å². The van der Waals surface area contributed by atoms with E-state index in [-0.39, 0.29) is 16.6 Å². The molecule has 0 saturated carbocycles. The van der Waals surface area contributed by atoms with Gasteiger partial charge in [0.05, 0.1) is 7.11 Å². The van der Waals surface area contributed by atoms with Gasteiger partial charge in [0.2, 0.25) is 0 Å². The topological polar surface area (TPSA) is 62.1 Å². The van der Waals surface area contributed by atoms with Crippen LogP contribution in [0.1, 0.15) is 33.1 Å². The van der Waals surface area contributed by atoms with Gasteiger partial charge < -0.3 is 9.84 Å².